The molecular formula is C11H10ClNO. The van der Waals surface area contributed by atoms with E-state index in [9.17, 15) is 0 Å². The third-order valence-corrected chi connectivity index (χ3v) is 2.31. The summed E-state index contributed by atoms with van der Waals surface area (Å²) in [6.07, 6.45) is 1.64. The smallest absolute Gasteiger partial charge is 0.134 e. The van der Waals surface area contributed by atoms with Gasteiger partial charge in [0.25, 0.3) is 0 Å². The first-order chi connectivity index (χ1) is 6.70. The molecule has 0 spiro atoms. The molecule has 1 atom stereocenters. The standard InChI is InChI=1S/C11H10ClNO/c1-2-9(13)11-6-7-5-8(12)3-4-10(7)14-11/h2-6,9H,1,13H2/t9-/m0/s1. The fourth-order valence-corrected chi connectivity index (χ4v) is 1.50. The van der Waals surface area contributed by atoms with Gasteiger partial charge < -0.3 is 10.2 Å². The van der Waals surface area contributed by atoms with Crippen LogP contribution in [0.2, 0.25) is 5.02 Å². The van der Waals surface area contributed by atoms with Gasteiger partial charge in [-0.15, -0.1) is 6.58 Å². The first-order valence-electron chi connectivity index (χ1n) is 4.28. The van der Waals surface area contributed by atoms with E-state index in [1.54, 1.807) is 12.1 Å². The van der Waals surface area contributed by atoms with Crippen molar-refractivity contribution in [3.8, 4) is 0 Å². The highest BCUT2D eigenvalue weighted by atomic mass is 35.5. The van der Waals surface area contributed by atoms with Crippen LogP contribution in [0.25, 0.3) is 11.0 Å². The summed E-state index contributed by atoms with van der Waals surface area (Å²) in [6, 6.07) is 7.09. The van der Waals surface area contributed by atoms with E-state index in [0.29, 0.717) is 10.8 Å². The van der Waals surface area contributed by atoms with Crippen LogP contribution in [-0.2, 0) is 0 Å². The van der Waals surface area contributed by atoms with Crippen molar-refractivity contribution in [1.29, 1.82) is 0 Å². The molecule has 0 bridgehead atoms. The Morgan fingerprint density at radius 3 is 2.93 bits per heavy atom. The molecule has 2 N–H and O–H groups in total. The Labute approximate surface area is 87.0 Å². The molecule has 0 saturated carbocycles. The predicted octanol–water partition coefficient (Wildman–Crippen LogP) is 3.27. The van der Waals surface area contributed by atoms with Crippen molar-refractivity contribution in [2.45, 2.75) is 6.04 Å². The van der Waals surface area contributed by atoms with Crippen molar-refractivity contribution < 1.29 is 4.42 Å². The summed E-state index contributed by atoms with van der Waals surface area (Å²) in [5.41, 5.74) is 6.54. The third-order valence-electron chi connectivity index (χ3n) is 2.08. The van der Waals surface area contributed by atoms with Crippen LogP contribution < -0.4 is 5.73 Å². The minimum absolute atomic E-state index is 0.263. The molecule has 0 fully saturated rings. The van der Waals surface area contributed by atoms with Crippen LogP contribution in [0.15, 0.2) is 41.3 Å². The van der Waals surface area contributed by atoms with Crippen molar-refractivity contribution in [2.75, 3.05) is 0 Å². The number of hydrogen-bond acceptors (Lipinski definition) is 2. The zero-order chi connectivity index (χ0) is 10.1. The van der Waals surface area contributed by atoms with Crippen LogP contribution >= 0.6 is 11.6 Å². The third kappa shape index (κ3) is 1.54. The fourth-order valence-electron chi connectivity index (χ4n) is 1.32. The lowest BCUT2D eigenvalue weighted by Gasteiger charge is -1.98. The van der Waals surface area contributed by atoms with Gasteiger partial charge >= 0.3 is 0 Å². The Morgan fingerprint density at radius 1 is 1.43 bits per heavy atom. The van der Waals surface area contributed by atoms with Crippen LogP contribution in [0, 0.1) is 0 Å². The van der Waals surface area contributed by atoms with Gasteiger partial charge in [0.15, 0.2) is 0 Å². The van der Waals surface area contributed by atoms with E-state index < -0.39 is 0 Å². The normalized spacial score (nSPS) is 13.0. The van der Waals surface area contributed by atoms with Gasteiger partial charge in [0.05, 0.1) is 6.04 Å². The zero-order valence-corrected chi connectivity index (χ0v) is 8.29. The maximum Gasteiger partial charge on any atom is 0.134 e. The zero-order valence-electron chi connectivity index (χ0n) is 7.53. The summed E-state index contributed by atoms with van der Waals surface area (Å²) >= 11 is 5.85. The number of fused-ring (bicyclic) bond motifs is 1. The molecule has 1 aromatic heterocycles. The van der Waals surface area contributed by atoms with E-state index in [2.05, 4.69) is 6.58 Å². The van der Waals surface area contributed by atoms with E-state index >= 15 is 0 Å². The topological polar surface area (TPSA) is 39.2 Å². The summed E-state index contributed by atoms with van der Waals surface area (Å²) in [5, 5.41) is 1.65. The van der Waals surface area contributed by atoms with Gasteiger partial charge in [0, 0.05) is 10.4 Å². The maximum atomic E-state index is 5.85. The van der Waals surface area contributed by atoms with Gasteiger partial charge in [-0.05, 0) is 24.3 Å². The van der Waals surface area contributed by atoms with Gasteiger partial charge in [0.2, 0.25) is 0 Å². The second-order valence-electron chi connectivity index (χ2n) is 3.09. The molecule has 0 aliphatic carbocycles. The molecule has 0 amide bonds. The molecule has 2 rings (SSSR count). The fraction of sp³-hybridized carbons (Fsp3) is 0.0909. The lowest BCUT2D eigenvalue weighted by molar-refractivity contribution is 0.530. The Morgan fingerprint density at radius 2 is 2.21 bits per heavy atom. The van der Waals surface area contributed by atoms with E-state index in [-0.39, 0.29) is 6.04 Å². The van der Waals surface area contributed by atoms with E-state index in [0.717, 1.165) is 11.0 Å². The number of nitrogens with two attached hydrogens (primary N) is 1. The number of hydrogen-bond donors (Lipinski definition) is 1. The lowest BCUT2D eigenvalue weighted by atomic mass is 10.2. The average molecular weight is 208 g/mol. The highest BCUT2D eigenvalue weighted by Crippen LogP contribution is 2.25. The van der Waals surface area contributed by atoms with Gasteiger partial charge in [0.1, 0.15) is 11.3 Å². The number of benzene rings is 1. The van der Waals surface area contributed by atoms with Crippen LogP contribution in [0.1, 0.15) is 11.8 Å². The Hall–Kier alpha value is -1.25. The molecule has 3 heteroatoms. The summed E-state index contributed by atoms with van der Waals surface area (Å²) in [6.45, 7) is 3.61. The number of rotatable bonds is 2. The molecule has 0 aliphatic rings. The lowest BCUT2D eigenvalue weighted by Crippen LogP contribution is -2.04. The van der Waals surface area contributed by atoms with E-state index in [1.807, 2.05) is 18.2 Å². The summed E-state index contributed by atoms with van der Waals surface area (Å²) in [7, 11) is 0. The quantitative estimate of drug-likeness (QED) is 0.768. The second-order valence-corrected chi connectivity index (χ2v) is 3.53. The molecule has 0 saturated heterocycles. The number of furan rings is 1. The largest absolute Gasteiger partial charge is 0.459 e. The monoisotopic (exact) mass is 207 g/mol. The molecule has 1 aromatic carbocycles. The number of halogens is 1. The van der Waals surface area contributed by atoms with Crippen LogP contribution in [0.3, 0.4) is 0 Å². The van der Waals surface area contributed by atoms with Crippen LogP contribution in [0.5, 0.6) is 0 Å². The summed E-state index contributed by atoms with van der Waals surface area (Å²) < 4.78 is 5.52. The van der Waals surface area contributed by atoms with Gasteiger partial charge in [-0.1, -0.05) is 17.7 Å². The Kier molecular flexibility index (Phi) is 2.32. The highest BCUT2D eigenvalue weighted by molar-refractivity contribution is 6.31. The predicted molar refractivity (Wildman–Crippen MR) is 58.3 cm³/mol. The van der Waals surface area contributed by atoms with Crippen molar-refractivity contribution in [3.63, 3.8) is 0 Å². The molecule has 14 heavy (non-hydrogen) atoms. The van der Waals surface area contributed by atoms with Crippen LogP contribution in [0.4, 0.5) is 0 Å². The molecule has 1 heterocycles. The molecule has 2 nitrogen and oxygen atoms in total. The van der Waals surface area contributed by atoms with Crippen molar-refractivity contribution in [2.24, 2.45) is 5.73 Å². The second kappa shape index (κ2) is 3.48. The minimum Gasteiger partial charge on any atom is -0.459 e. The molecule has 0 radical (unpaired) electrons. The van der Waals surface area contributed by atoms with E-state index in [4.69, 9.17) is 21.8 Å². The summed E-state index contributed by atoms with van der Waals surface area (Å²) in [4.78, 5) is 0. The molecule has 2 aromatic rings. The van der Waals surface area contributed by atoms with E-state index in [1.165, 1.54) is 0 Å². The van der Waals surface area contributed by atoms with Gasteiger partial charge in [-0.3, -0.25) is 0 Å². The molecular weight excluding hydrogens is 198 g/mol. The molecule has 0 aliphatic heterocycles. The van der Waals surface area contributed by atoms with Crippen molar-refractivity contribution in [3.05, 3.63) is 47.7 Å². The Bertz CT molecular complexity index is 475. The maximum absolute atomic E-state index is 5.85. The van der Waals surface area contributed by atoms with Crippen molar-refractivity contribution >= 4 is 22.6 Å². The first-order valence-corrected chi connectivity index (χ1v) is 4.65. The minimum atomic E-state index is -0.263. The average Bonchev–Trinajstić information content (AvgIpc) is 2.59. The van der Waals surface area contributed by atoms with Gasteiger partial charge in [-0.25, -0.2) is 0 Å². The van der Waals surface area contributed by atoms with Crippen LogP contribution in [-0.4, -0.2) is 0 Å². The summed E-state index contributed by atoms with van der Waals surface area (Å²) in [5.74, 6) is 0.706. The molecule has 0 unspecified atom stereocenters. The van der Waals surface area contributed by atoms with Gasteiger partial charge in [-0.2, -0.15) is 0 Å². The first kappa shape index (κ1) is 9.31. The van der Waals surface area contributed by atoms with Crippen molar-refractivity contribution in [1.82, 2.24) is 0 Å². The Balaban J connectivity index is 2.56. The highest BCUT2D eigenvalue weighted by Gasteiger charge is 2.08. The molecule has 72 valence electrons. The SMILES string of the molecule is C=C[C@H](N)c1cc2cc(Cl)ccc2o1.